The molecule has 0 spiro atoms. The van der Waals surface area contributed by atoms with Crippen molar-refractivity contribution in [3.63, 3.8) is 0 Å². The van der Waals surface area contributed by atoms with E-state index >= 15 is 0 Å². The number of phenolic OH excluding ortho intramolecular Hbond substituents is 1. The van der Waals surface area contributed by atoms with Gasteiger partial charge in [-0.3, -0.25) is 4.79 Å². The van der Waals surface area contributed by atoms with Gasteiger partial charge in [-0.15, -0.1) is 0 Å². The third kappa shape index (κ3) is 3.35. The molecule has 0 atom stereocenters. The van der Waals surface area contributed by atoms with E-state index in [9.17, 15) is 9.90 Å². The second-order valence-corrected chi connectivity index (χ2v) is 5.87. The Hall–Kier alpha value is -2.56. The number of rotatable bonds is 3. The molecule has 0 aliphatic heterocycles. The average molecular weight is 359 g/mol. The van der Waals surface area contributed by atoms with E-state index in [0.717, 1.165) is 10.8 Å². The van der Waals surface area contributed by atoms with Crippen LogP contribution in [-0.2, 0) is 0 Å². The number of aromatic hydroxyl groups is 1. The summed E-state index contributed by atoms with van der Waals surface area (Å²) in [5.74, 6) is -0.314. The fourth-order valence-corrected chi connectivity index (χ4v) is 2.54. The summed E-state index contributed by atoms with van der Waals surface area (Å²) in [6.45, 7) is 0. The molecule has 0 aliphatic carbocycles. The highest BCUT2D eigenvalue weighted by Gasteiger charge is 2.07. The summed E-state index contributed by atoms with van der Waals surface area (Å²) in [4.78, 5) is 12.0. The predicted molar refractivity (Wildman–Crippen MR) is 97.1 cm³/mol. The standard InChI is InChI=1S/C18H12Cl2N2O2/c19-15-8-7-12(9-16(15)20)18(24)22-21-10-13-6-5-11-3-1-2-4-14(11)17(13)23/h1-10,23H,(H,22,24)/b21-10+. The van der Waals surface area contributed by atoms with E-state index in [1.165, 1.54) is 18.3 Å². The Morgan fingerprint density at radius 1 is 1.04 bits per heavy atom. The summed E-state index contributed by atoms with van der Waals surface area (Å²) >= 11 is 11.7. The number of amides is 1. The van der Waals surface area contributed by atoms with Gasteiger partial charge >= 0.3 is 0 Å². The molecule has 0 saturated heterocycles. The summed E-state index contributed by atoms with van der Waals surface area (Å²) in [5, 5.41) is 16.4. The number of hydrogen-bond acceptors (Lipinski definition) is 3. The third-order valence-corrected chi connectivity index (χ3v) is 4.22. The molecule has 0 radical (unpaired) electrons. The fraction of sp³-hybridized carbons (Fsp3) is 0. The first-order chi connectivity index (χ1) is 11.6. The maximum Gasteiger partial charge on any atom is 0.271 e. The summed E-state index contributed by atoms with van der Waals surface area (Å²) in [6.07, 6.45) is 1.39. The number of phenols is 1. The second-order valence-electron chi connectivity index (χ2n) is 5.05. The number of nitrogens with one attached hydrogen (secondary N) is 1. The van der Waals surface area contributed by atoms with Crippen molar-refractivity contribution in [2.45, 2.75) is 0 Å². The van der Waals surface area contributed by atoms with Crippen LogP contribution in [0.3, 0.4) is 0 Å². The summed E-state index contributed by atoms with van der Waals surface area (Å²) in [5.41, 5.74) is 3.23. The molecule has 0 saturated carbocycles. The van der Waals surface area contributed by atoms with Gasteiger partial charge in [-0.05, 0) is 29.7 Å². The molecule has 2 N–H and O–H groups in total. The van der Waals surface area contributed by atoms with Crippen molar-refractivity contribution in [1.82, 2.24) is 5.43 Å². The summed E-state index contributed by atoms with van der Waals surface area (Å²) in [7, 11) is 0. The molecule has 0 aliphatic rings. The third-order valence-electron chi connectivity index (χ3n) is 3.48. The minimum absolute atomic E-state index is 0.112. The number of carbonyl (C=O) groups is 1. The fourth-order valence-electron chi connectivity index (χ4n) is 2.24. The quantitative estimate of drug-likeness (QED) is 0.530. The van der Waals surface area contributed by atoms with Crippen molar-refractivity contribution in [2.24, 2.45) is 5.10 Å². The number of carbonyl (C=O) groups excluding carboxylic acids is 1. The normalized spacial score (nSPS) is 11.1. The Kier molecular flexibility index (Phi) is 4.69. The molecule has 0 fully saturated rings. The summed E-state index contributed by atoms with van der Waals surface area (Å²) < 4.78 is 0. The maximum absolute atomic E-state index is 12.0. The Morgan fingerprint density at radius 2 is 1.83 bits per heavy atom. The lowest BCUT2D eigenvalue weighted by Gasteiger charge is -2.04. The average Bonchev–Trinajstić information content (AvgIpc) is 2.59. The molecular formula is C18H12Cl2N2O2. The smallest absolute Gasteiger partial charge is 0.271 e. The zero-order valence-corrected chi connectivity index (χ0v) is 13.8. The molecular weight excluding hydrogens is 347 g/mol. The Labute approximate surface area is 148 Å². The van der Waals surface area contributed by atoms with Crippen LogP contribution in [-0.4, -0.2) is 17.2 Å². The topological polar surface area (TPSA) is 61.7 Å². The molecule has 0 heterocycles. The van der Waals surface area contributed by atoms with E-state index < -0.39 is 5.91 Å². The van der Waals surface area contributed by atoms with E-state index in [1.54, 1.807) is 12.1 Å². The molecule has 0 bridgehead atoms. The largest absolute Gasteiger partial charge is 0.507 e. The highest BCUT2D eigenvalue weighted by Crippen LogP contribution is 2.27. The molecule has 3 aromatic rings. The Bertz CT molecular complexity index is 955. The minimum Gasteiger partial charge on any atom is -0.507 e. The molecule has 0 aromatic heterocycles. The Balaban J connectivity index is 1.77. The lowest BCUT2D eigenvalue weighted by molar-refractivity contribution is 0.0955. The van der Waals surface area contributed by atoms with Crippen LogP contribution in [0, 0.1) is 0 Å². The van der Waals surface area contributed by atoms with E-state index in [0.29, 0.717) is 21.2 Å². The maximum atomic E-state index is 12.0. The predicted octanol–water partition coefficient (Wildman–Crippen LogP) is 4.62. The second kappa shape index (κ2) is 6.91. The van der Waals surface area contributed by atoms with Crippen molar-refractivity contribution in [1.29, 1.82) is 0 Å². The van der Waals surface area contributed by atoms with Gasteiger partial charge in [0, 0.05) is 16.5 Å². The van der Waals surface area contributed by atoms with Crippen molar-refractivity contribution in [3.05, 3.63) is 75.8 Å². The minimum atomic E-state index is -0.426. The highest BCUT2D eigenvalue weighted by atomic mass is 35.5. The SMILES string of the molecule is O=C(N/N=C/c1ccc2ccccc2c1O)c1ccc(Cl)c(Cl)c1. The number of nitrogens with zero attached hydrogens (tertiary/aromatic N) is 1. The van der Waals surface area contributed by atoms with Gasteiger partial charge in [-0.1, -0.05) is 53.5 Å². The molecule has 0 unspecified atom stereocenters. The number of benzene rings is 3. The van der Waals surface area contributed by atoms with E-state index in [-0.39, 0.29) is 5.75 Å². The van der Waals surface area contributed by atoms with Crippen molar-refractivity contribution in [3.8, 4) is 5.75 Å². The van der Waals surface area contributed by atoms with Crippen molar-refractivity contribution >= 4 is 46.1 Å². The molecule has 24 heavy (non-hydrogen) atoms. The van der Waals surface area contributed by atoms with E-state index in [4.69, 9.17) is 23.2 Å². The zero-order valence-electron chi connectivity index (χ0n) is 12.3. The van der Waals surface area contributed by atoms with Crippen LogP contribution in [0.15, 0.2) is 59.7 Å². The molecule has 3 rings (SSSR count). The summed E-state index contributed by atoms with van der Waals surface area (Å²) in [6, 6.07) is 15.6. The molecule has 1 amide bonds. The van der Waals surface area contributed by atoms with Crippen LogP contribution in [0.1, 0.15) is 15.9 Å². The van der Waals surface area contributed by atoms with Crippen LogP contribution >= 0.6 is 23.2 Å². The van der Waals surface area contributed by atoms with Gasteiger partial charge in [-0.2, -0.15) is 5.10 Å². The first kappa shape index (κ1) is 16.3. The van der Waals surface area contributed by atoms with Gasteiger partial charge < -0.3 is 5.11 Å². The molecule has 3 aromatic carbocycles. The van der Waals surface area contributed by atoms with E-state index in [2.05, 4.69) is 10.5 Å². The zero-order chi connectivity index (χ0) is 17.1. The Morgan fingerprint density at radius 3 is 2.62 bits per heavy atom. The van der Waals surface area contributed by atoms with Crippen LogP contribution in [0.4, 0.5) is 0 Å². The van der Waals surface area contributed by atoms with Crippen molar-refractivity contribution in [2.75, 3.05) is 0 Å². The first-order valence-corrected chi connectivity index (χ1v) is 7.81. The number of hydrazone groups is 1. The molecule has 120 valence electrons. The van der Waals surface area contributed by atoms with Gasteiger partial charge in [-0.25, -0.2) is 5.43 Å². The first-order valence-electron chi connectivity index (χ1n) is 7.05. The molecule has 6 heteroatoms. The van der Waals surface area contributed by atoms with Crippen LogP contribution in [0.2, 0.25) is 10.0 Å². The van der Waals surface area contributed by atoms with Crippen molar-refractivity contribution < 1.29 is 9.90 Å². The van der Waals surface area contributed by atoms with Gasteiger partial charge in [0.2, 0.25) is 0 Å². The monoisotopic (exact) mass is 358 g/mol. The number of fused-ring (bicyclic) bond motifs is 1. The number of hydrogen-bond donors (Lipinski definition) is 2. The van der Waals surface area contributed by atoms with Crippen LogP contribution in [0.5, 0.6) is 5.75 Å². The lowest BCUT2D eigenvalue weighted by atomic mass is 10.1. The lowest BCUT2D eigenvalue weighted by Crippen LogP contribution is -2.17. The van der Waals surface area contributed by atoms with Gasteiger partial charge in [0.05, 0.1) is 16.3 Å². The van der Waals surface area contributed by atoms with E-state index in [1.807, 2.05) is 30.3 Å². The number of halogens is 2. The van der Waals surface area contributed by atoms with Gasteiger partial charge in [0.1, 0.15) is 5.75 Å². The van der Waals surface area contributed by atoms with Crippen LogP contribution in [0.25, 0.3) is 10.8 Å². The highest BCUT2D eigenvalue weighted by molar-refractivity contribution is 6.42. The molecule has 4 nitrogen and oxygen atoms in total. The van der Waals surface area contributed by atoms with Gasteiger partial charge in [0.25, 0.3) is 5.91 Å². The van der Waals surface area contributed by atoms with Gasteiger partial charge in [0.15, 0.2) is 0 Å². The van der Waals surface area contributed by atoms with Crippen LogP contribution < -0.4 is 5.43 Å².